The van der Waals surface area contributed by atoms with Gasteiger partial charge in [0.15, 0.2) is 0 Å². The van der Waals surface area contributed by atoms with Gasteiger partial charge in [0.25, 0.3) is 0 Å². The summed E-state index contributed by atoms with van der Waals surface area (Å²) in [6.45, 7) is 0. The molecule has 0 atom stereocenters. The van der Waals surface area contributed by atoms with Crippen molar-refractivity contribution in [2.75, 3.05) is 0 Å². The summed E-state index contributed by atoms with van der Waals surface area (Å²) in [6, 6.07) is 25.8. The van der Waals surface area contributed by atoms with Crippen LogP contribution in [0.4, 0.5) is 0 Å². The van der Waals surface area contributed by atoms with Crippen molar-refractivity contribution in [2.24, 2.45) is 0 Å². The Morgan fingerprint density at radius 1 is 0.613 bits per heavy atom. The fourth-order valence-electron chi connectivity index (χ4n) is 3.39. The fraction of sp³-hybridized carbons (Fsp3) is 0. The van der Waals surface area contributed by atoms with Crippen LogP contribution in [0.1, 0.15) is 0 Å². The molecule has 2 nitrogen and oxygen atoms in total. The number of hydrogen-bond acceptors (Lipinski definition) is 0. The van der Waals surface area contributed by atoms with E-state index >= 15 is 0 Å². The Kier molecular flexibility index (Phi) is 9.79. The number of fused-ring (bicyclic) bond motifs is 2. The Balaban J connectivity index is 0.000000201. The van der Waals surface area contributed by atoms with Crippen molar-refractivity contribution >= 4 is 37.9 Å². The summed E-state index contributed by atoms with van der Waals surface area (Å²) >= 11 is 0. The Bertz CT molecular complexity index is 1150. The van der Waals surface area contributed by atoms with Crippen LogP contribution >= 0.6 is 16.4 Å². The number of aromatic nitrogens is 2. The molecule has 6 aromatic rings. The molecule has 0 unspecified atom stereocenters. The molecule has 0 saturated carbocycles. The van der Waals surface area contributed by atoms with Crippen LogP contribution < -0.4 is 24.8 Å². The van der Waals surface area contributed by atoms with Crippen LogP contribution in [0.5, 0.6) is 0 Å². The van der Waals surface area contributed by atoms with E-state index in [9.17, 15) is 0 Å². The molecule has 0 aliphatic rings. The third-order valence-corrected chi connectivity index (χ3v) is 6.19. The van der Waals surface area contributed by atoms with E-state index in [0.717, 1.165) is 0 Å². The monoisotopic (exact) mass is 514 g/mol. The summed E-state index contributed by atoms with van der Waals surface area (Å²) in [5.41, 5.74) is 2.51. The van der Waals surface area contributed by atoms with E-state index in [1.165, 1.54) is 49.3 Å². The molecule has 31 heavy (non-hydrogen) atoms. The molecule has 0 aliphatic heterocycles. The minimum absolute atomic E-state index is 0. The molecule has 0 aliphatic carbocycles. The molecule has 0 amide bonds. The molecule has 152 valence electrons. The zero-order valence-electron chi connectivity index (χ0n) is 16.4. The van der Waals surface area contributed by atoms with Gasteiger partial charge >= 0.3 is 21.7 Å². The first-order valence-corrected chi connectivity index (χ1v) is 11.2. The molecule has 0 fully saturated rings. The van der Waals surface area contributed by atoms with Crippen molar-refractivity contribution in [3.63, 3.8) is 0 Å². The Morgan fingerprint density at radius 2 is 1.03 bits per heavy atom. The zero-order chi connectivity index (χ0) is 18.8. The second-order valence-electron chi connectivity index (χ2n) is 6.62. The summed E-state index contributed by atoms with van der Waals surface area (Å²) < 4.78 is 4.34. The van der Waals surface area contributed by atoms with Gasteiger partial charge in [-0.2, -0.15) is 0 Å². The van der Waals surface area contributed by atoms with Gasteiger partial charge in [-0.25, -0.2) is 0 Å². The Hall–Kier alpha value is -1.63. The minimum atomic E-state index is 0. The van der Waals surface area contributed by atoms with Crippen molar-refractivity contribution in [2.45, 2.75) is 0 Å². The van der Waals surface area contributed by atoms with Gasteiger partial charge in [-0.05, 0) is 23.0 Å². The predicted octanol–water partition coefficient (Wildman–Crippen LogP) is 1.86. The molecule has 7 heteroatoms. The minimum Gasteiger partial charge on any atom is -1.00 e. The molecule has 6 rings (SSSR count). The zero-order valence-corrected chi connectivity index (χ0v) is 21.3. The maximum absolute atomic E-state index is 2.22. The van der Waals surface area contributed by atoms with Gasteiger partial charge in [-0.15, -0.1) is 82.2 Å². The Morgan fingerprint density at radius 3 is 1.39 bits per heavy atom. The molecule has 0 spiro atoms. The molecular weight excluding hydrogens is 497 g/mol. The van der Waals surface area contributed by atoms with Crippen LogP contribution in [0.15, 0.2) is 109 Å². The smallest absolute Gasteiger partial charge is 1.00 e. The molecule has 0 N–H and O–H groups in total. The SMILES string of the molecule is [Cl-].[Cl-].[Ti+4].c1ccc2[cH-]c(-n3ccpc3)cc2c1.c1ccc2[cH-]c(-n3ccpc3)cc2c1. The van der Waals surface area contributed by atoms with E-state index in [1.54, 1.807) is 0 Å². The molecule has 0 radical (unpaired) electrons. The largest absolute Gasteiger partial charge is 4.00 e. The summed E-state index contributed by atoms with van der Waals surface area (Å²) in [4.78, 5) is 0. The van der Waals surface area contributed by atoms with E-state index in [1.807, 2.05) is 0 Å². The number of halogens is 2. The van der Waals surface area contributed by atoms with Crippen LogP contribution in [0.25, 0.3) is 32.9 Å². The van der Waals surface area contributed by atoms with Crippen molar-refractivity contribution in [1.82, 2.24) is 9.13 Å². The van der Waals surface area contributed by atoms with Gasteiger partial charge < -0.3 is 33.9 Å². The topological polar surface area (TPSA) is 9.86 Å². The standard InChI is InChI=1S/2C12H9NP.2ClH.Ti/c2*1-2-4-11-8-12(7-10(11)3-1)13-5-6-14-9-13;;;/h2*1-9H;2*1H;/q2*-1;;;+4/p-2. The van der Waals surface area contributed by atoms with Crippen LogP contribution in [-0.4, -0.2) is 9.13 Å². The maximum Gasteiger partial charge on any atom is 4.00 e. The van der Waals surface area contributed by atoms with Crippen LogP contribution in [0.3, 0.4) is 0 Å². The first kappa shape index (κ1) is 25.6. The van der Waals surface area contributed by atoms with Gasteiger partial charge in [0.1, 0.15) is 0 Å². The number of hydrogen-bond donors (Lipinski definition) is 0. The van der Waals surface area contributed by atoms with Gasteiger partial charge in [-0.3, -0.25) is 0 Å². The van der Waals surface area contributed by atoms with Crippen LogP contribution in [0.2, 0.25) is 0 Å². The summed E-state index contributed by atoms with van der Waals surface area (Å²) in [5, 5.41) is 5.25. The van der Waals surface area contributed by atoms with Crippen molar-refractivity contribution in [3.05, 3.63) is 109 Å². The van der Waals surface area contributed by atoms with E-state index in [0.29, 0.717) is 0 Å². The molecule has 0 bridgehead atoms. The number of benzene rings is 2. The Labute approximate surface area is 212 Å². The third-order valence-electron chi connectivity index (χ3n) is 4.81. The maximum atomic E-state index is 2.22. The summed E-state index contributed by atoms with van der Waals surface area (Å²) in [6.07, 6.45) is 4.21. The van der Waals surface area contributed by atoms with Gasteiger partial charge in [0, 0.05) is 24.3 Å². The average molecular weight is 515 g/mol. The number of nitrogens with zero attached hydrogens (tertiary/aromatic N) is 2. The van der Waals surface area contributed by atoms with Crippen molar-refractivity contribution in [3.8, 4) is 11.4 Å². The third kappa shape index (κ3) is 5.79. The second-order valence-corrected chi connectivity index (χ2v) is 8.28. The summed E-state index contributed by atoms with van der Waals surface area (Å²) in [7, 11) is 2.53. The molecule has 4 aromatic carbocycles. The predicted molar refractivity (Wildman–Crippen MR) is 123 cm³/mol. The first-order valence-electron chi connectivity index (χ1n) is 9.14. The number of rotatable bonds is 2. The molecular formula is C24H18Cl2N2P2Ti. The molecule has 0 saturated heterocycles. The van der Waals surface area contributed by atoms with Crippen LogP contribution in [0, 0.1) is 0 Å². The average Bonchev–Trinajstić information content (AvgIpc) is 3.54. The van der Waals surface area contributed by atoms with Crippen molar-refractivity contribution < 1.29 is 46.5 Å². The molecule has 2 heterocycles. The van der Waals surface area contributed by atoms with Crippen molar-refractivity contribution in [1.29, 1.82) is 0 Å². The van der Waals surface area contributed by atoms with Gasteiger partial charge in [0.05, 0.1) is 0 Å². The van der Waals surface area contributed by atoms with E-state index in [2.05, 4.69) is 118 Å². The first-order chi connectivity index (χ1) is 13.9. The summed E-state index contributed by atoms with van der Waals surface area (Å²) in [5.74, 6) is 8.59. The van der Waals surface area contributed by atoms with E-state index in [4.69, 9.17) is 0 Å². The molecule has 2 aromatic heterocycles. The van der Waals surface area contributed by atoms with Gasteiger partial charge in [0.2, 0.25) is 0 Å². The normalized spacial score (nSPS) is 10.3. The second kappa shape index (κ2) is 11.8. The fourth-order valence-corrected chi connectivity index (χ4v) is 4.69. The van der Waals surface area contributed by atoms with Gasteiger partial charge in [-0.1, -0.05) is 28.5 Å². The van der Waals surface area contributed by atoms with E-state index in [-0.39, 0.29) is 46.5 Å². The quantitative estimate of drug-likeness (QED) is 0.247. The van der Waals surface area contributed by atoms with Crippen LogP contribution in [-0.2, 0) is 21.7 Å². The van der Waals surface area contributed by atoms with E-state index < -0.39 is 0 Å².